The van der Waals surface area contributed by atoms with E-state index < -0.39 is 5.82 Å². The van der Waals surface area contributed by atoms with Crippen LogP contribution < -0.4 is 5.32 Å². The van der Waals surface area contributed by atoms with Crippen LogP contribution in [0.3, 0.4) is 0 Å². The Bertz CT molecular complexity index is 1150. The molecule has 0 unspecified atom stereocenters. The fraction of sp³-hybridized carbons (Fsp3) is 0.0476. The van der Waals surface area contributed by atoms with Crippen molar-refractivity contribution in [3.05, 3.63) is 83.0 Å². The van der Waals surface area contributed by atoms with Gasteiger partial charge < -0.3 is 4.52 Å². The molecule has 0 spiro atoms. The summed E-state index contributed by atoms with van der Waals surface area (Å²) in [5.74, 6) is -0.480. The minimum Gasteiger partial charge on any atom is -0.337 e. The molecule has 0 saturated heterocycles. The van der Waals surface area contributed by atoms with E-state index in [9.17, 15) is 9.18 Å². The van der Waals surface area contributed by atoms with Crippen molar-refractivity contribution in [2.75, 3.05) is 5.32 Å². The molecule has 0 atom stereocenters. The molecule has 0 radical (unpaired) electrons. The monoisotopic (exact) mass is 452 g/mol. The Hall–Kier alpha value is -3.39. The van der Waals surface area contributed by atoms with Crippen LogP contribution in [0.5, 0.6) is 0 Å². The summed E-state index contributed by atoms with van der Waals surface area (Å²) in [4.78, 5) is 20.7. The van der Waals surface area contributed by atoms with Crippen LogP contribution in [0, 0.1) is 5.82 Å². The fourth-order valence-corrected chi connectivity index (χ4v) is 3.22. The van der Waals surface area contributed by atoms with Crippen molar-refractivity contribution in [1.82, 2.24) is 15.1 Å². The fourth-order valence-electron chi connectivity index (χ4n) is 2.84. The zero-order chi connectivity index (χ0) is 20.2. The van der Waals surface area contributed by atoms with E-state index in [0.29, 0.717) is 27.0 Å². The SMILES string of the molecule is O=C(Cc1ccccc1)Nc1onc(-c2ccc(F)c(Br)c2)c1-c1ccncn1. The van der Waals surface area contributed by atoms with Crippen molar-refractivity contribution in [2.45, 2.75) is 6.42 Å². The van der Waals surface area contributed by atoms with E-state index in [1.54, 1.807) is 24.4 Å². The number of halogens is 2. The molecule has 29 heavy (non-hydrogen) atoms. The molecule has 1 N–H and O–H groups in total. The van der Waals surface area contributed by atoms with Gasteiger partial charge in [0, 0.05) is 11.8 Å². The molecular formula is C21H14BrFN4O2. The Balaban J connectivity index is 1.71. The third-order valence-corrected chi connectivity index (χ3v) is 4.79. The van der Waals surface area contributed by atoms with Gasteiger partial charge in [-0.2, -0.15) is 0 Å². The number of aromatic nitrogens is 3. The highest BCUT2D eigenvalue weighted by atomic mass is 79.9. The Morgan fingerprint density at radius 1 is 1.14 bits per heavy atom. The average molecular weight is 453 g/mol. The number of hydrogen-bond donors (Lipinski definition) is 1. The quantitative estimate of drug-likeness (QED) is 0.466. The standard InChI is InChI=1S/C21H14BrFN4O2/c22-15-11-14(6-7-16(15)23)20-19(17-8-9-24-12-25-17)21(29-27-20)26-18(28)10-13-4-2-1-3-5-13/h1-9,11-12H,10H2,(H,26,28). The van der Waals surface area contributed by atoms with Crippen LogP contribution in [0.15, 0.2) is 76.1 Å². The third-order valence-electron chi connectivity index (χ3n) is 4.18. The topological polar surface area (TPSA) is 80.9 Å². The maximum Gasteiger partial charge on any atom is 0.241 e. The van der Waals surface area contributed by atoms with E-state index in [1.165, 1.54) is 12.4 Å². The minimum atomic E-state index is -0.391. The predicted octanol–water partition coefficient (Wildman–Crippen LogP) is 4.88. The highest BCUT2D eigenvalue weighted by molar-refractivity contribution is 9.10. The summed E-state index contributed by atoms with van der Waals surface area (Å²) in [6.45, 7) is 0. The molecule has 0 fully saturated rings. The first-order valence-corrected chi connectivity index (χ1v) is 9.46. The Kier molecular flexibility index (Phi) is 5.44. The predicted molar refractivity (Wildman–Crippen MR) is 109 cm³/mol. The van der Waals surface area contributed by atoms with E-state index >= 15 is 0 Å². The van der Waals surface area contributed by atoms with Gasteiger partial charge in [0.05, 0.1) is 22.2 Å². The molecule has 2 heterocycles. The van der Waals surface area contributed by atoms with Crippen molar-refractivity contribution in [3.8, 4) is 22.5 Å². The Morgan fingerprint density at radius 3 is 2.69 bits per heavy atom. The molecule has 6 nitrogen and oxygen atoms in total. The van der Waals surface area contributed by atoms with Crippen LogP contribution >= 0.6 is 15.9 Å². The summed E-state index contributed by atoms with van der Waals surface area (Å²) in [5, 5.41) is 6.86. The number of carbonyl (C=O) groups is 1. The third kappa shape index (κ3) is 4.22. The van der Waals surface area contributed by atoms with Gasteiger partial charge in [-0.15, -0.1) is 0 Å². The van der Waals surface area contributed by atoms with Crippen LogP contribution in [-0.2, 0) is 11.2 Å². The maximum atomic E-state index is 13.7. The first-order valence-electron chi connectivity index (χ1n) is 8.67. The van der Waals surface area contributed by atoms with Gasteiger partial charge in [0.1, 0.15) is 17.8 Å². The number of benzene rings is 2. The van der Waals surface area contributed by atoms with Crippen LogP contribution in [0.2, 0.25) is 0 Å². The van der Waals surface area contributed by atoms with E-state index in [4.69, 9.17) is 4.52 Å². The molecule has 144 valence electrons. The number of hydrogen-bond acceptors (Lipinski definition) is 5. The largest absolute Gasteiger partial charge is 0.337 e. The number of nitrogens with zero attached hydrogens (tertiary/aromatic N) is 3. The van der Waals surface area contributed by atoms with Crippen LogP contribution in [-0.4, -0.2) is 21.0 Å². The van der Waals surface area contributed by atoms with E-state index in [-0.39, 0.29) is 18.2 Å². The second kappa shape index (κ2) is 8.32. The second-order valence-electron chi connectivity index (χ2n) is 6.17. The summed E-state index contributed by atoms with van der Waals surface area (Å²) < 4.78 is 19.4. The second-order valence-corrected chi connectivity index (χ2v) is 7.02. The van der Waals surface area contributed by atoms with Gasteiger partial charge in [-0.05, 0) is 45.8 Å². The lowest BCUT2D eigenvalue weighted by Crippen LogP contribution is -2.14. The van der Waals surface area contributed by atoms with Crippen LogP contribution in [0.1, 0.15) is 5.56 Å². The van der Waals surface area contributed by atoms with E-state index in [2.05, 4.69) is 36.4 Å². The molecule has 1 amide bonds. The normalized spacial score (nSPS) is 10.7. The lowest BCUT2D eigenvalue weighted by molar-refractivity contribution is -0.115. The highest BCUT2D eigenvalue weighted by Crippen LogP contribution is 2.37. The van der Waals surface area contributed by atoms with Gasteiger partial charge in [-0.25, -0.2) is 14.4 Å². The van der Waals surface area contributed by atoms with Gasteiger partial charge in [0.15, 0.2) is 0 Å². The highest BCUT2D eigenvalue weighted by Gasteiger charge is 2.22. The van der Waals surface area contributed by atoms with Gasteiger partial charge >= 0.3 is 0 Å². The number of amides is 1. The number of nitrogens with one attached hydrogen (secondary N) is 1. The molecular weight excluding hydrogens is 439 g/mol. The van der Waals surface area contributed by atoms with E-state index in [0.717, 1.165) is 5.56 Å². The summed E-state index contributed by atoms with van der Waals surface area (Å²) in [7, 11) is 0. The van der Waals surface area contributed by atoms with Crippen molar-refractivity contribution >= 4 is 27.7 Å². The maximum absolute atomic E-state index is 13.7. The average Bonchev–Trinajstić information content (AvgIpc) is 3.14. The summed E-state index contributed by atoms with van der Waals surface area (Å²) in [6.07, 6.45) is 3.15. The first-order chi connectivity index (χ1) is 14.1. The Labute approximate surface area is 173 Å². The zero-order valence-electron chi connectivity index (χ0n) is 15.0. The molecule has 8 heteroatoms. The summed E-state index contributed by atoms with van der Waals surface area (Å²) in [6, 6.07) is 15.5. The van der Waals surface area contributed by atoms with Crippen molar-refractivity contribution in [3.63, 3.8) is 0 Å². The molecule has 0 aliphatic rings. The number of anilines is 1. The van der Waals surface area contributed by atoms with Crippen LogP contribution in [0.4, 0.5) is 10.3 Å². The zero-order valence-corrected chi connectivity index (χ0v) is 16.6. The lowest BCUT2D eigenvalue weighted by Gasteiger charge is -2.06. The molecule has 4 rings (SSSR count). The minimum absolute atomic E-state index is 0.167. The van der Waals surface area contributed by atoms with Gasteiger partial charge in [0.2, 0.25) is 11.8 Å². The molecule has 2 aromatic heterocycles. The van der Waals surface area contributed by atoms with Gasteiger partial charge in [0.25, 0.3) is 0 Å². The lowest BCUT2D eigenvalue weighted by atomic mass is 10.0. The number of carbonyl (C=O) groups excluding carboxylic acids is 1. The smallest absolute Gasteiger partial charge is 0.241 e. The molecule has 0 bridgehead atoms. The van der Waals surface area contributed by atoms with Gasteiger partial charge in [-0.3, -0.25) is 10.1 Å². The van der Waals surface area contributed by atoms with Crippen molar-refractivity contribution in [1.29, 1.82) is 0 Å². The molecule has 2 aromatic carbocycles. The number of rotatable bonds is 5. The molecule has 4 aromatic rings. The van der Waals surface area contributed by atoms with Crippen molar-refractivity contribution < 1.29 is 13.7 Å². The first kappa shape index (κ1) is 18.9. The summed E-state index contributed by atoms with van der Waals surface area (Å²) >= 11 is 3.18. The summed E-state index contributed by atoms with van der Waals surface area (Å²) in [5.41, 5.74) is 2.92. The molecule has 0 aliphatic carbocycles. The van der Waals surface area contributed by atoms with Crippen LogP contribution in [0.25, 0.3) is 22.5 Å². The molecule has 0 aliphatic heterocycles. The van der Waals surface area contributed by atoms with E-state index in [1.807, 2.05) is 30.3 Å². The molecule has 0 saturated carbocycles. The Morgan fingerprint density at radius 2 is 1.97 bits per heavy atom. The van der Waals surface area contributed by atoms with Gasteiger partial charge in [-0.1, -0.05) is 35.5 Å². The van der Waals surface area contributed by atoms with Crippen molar-refractivity contribution in [2.24, 2.45) is 0 Å².